The Bertz CT molecular complexity index is 702. The Kier molecular flexibility index (Phi) is 6.75. The van der Waals surface area contributed by atoms with E-state index in [1.165, 1.54) is 0 Å². The second-order valence-electron chi connectivity index (χ2n) is 5.62. The van der Waals surface area contributed by atoms with Crippen LogP contribution in [-0.2, 0) is 4.74 Å². The minimum atomic E-state index is -0.361. The van der Waals surface area contributed by atoms with Gasteiger partial charge in [-0.3, -0.25) is 9.59 Å². The van der Waals surface area contributed by atoms with Crippen LogP contribution in [0.15, 0.2) is 47.3 Å². The third-order valence-electron chi connectivity index (χ3n) is 3.86. The summed E-state index contributed by atoms with van der Waals surface area (Å²) in [5.41, 5.74) is 1.42. The van der Waals surface area contributed by atoms with E-state index >= 15 is 0 Å². The summed E-state index contributed by atoms with van der Waals surface area (Å²) in [5, 5.41) is 0. The van der Waals surface area contributed by atoms with Gasteiger partial charge in [-0.25, -0.2) is 0 Å². The Morgan fingerprint density at radius 1 is 1.12 bits per heavy atom. The fraction of sp³-hybridized carbons (Fsp3) is 0.368. The number of methoxy groups -OCH3 is 1. The van der Waals surface area contributed by atoms with E-state index in [2.05, 4.69) is 11.9 Å². The average molecular weight is 328 g/mol. The van der Waals surface area contributed by atoms with Crippen LogP contribution in [0.3, 0.4) is 0 Å². The van der Waals surface area contributed by atoms with Crippen molar-refractivity contribution in [2.45, 2.75) is 19.8 Å². The van der Waals surface area contributed by atoms with Crippen LogP contribution in [-0.4, -0.2) is 42.6 Å². The Labute approximate surface area is 142 Å². The maximum Gasteiger partial charge on any atom is 0.261 e. The van der Waals surface area contributed by atoms with Crippen molar-refractivity contribution in [1.29, 1.82) is 0 Å². The lowest BCUT2D eigenvalue weighted by atomic mass is 10.1. The number of nitrogens with zero attached hydrogens (tertiary/aromatic N) is 1. The number of nitrogens with one attached hydrogen (secondary N) is 1. The van der Waals surface area contributed by atoms with E-state index in [9.17, 15) is 9.59 Å². The number of pyridine rings is 1. The second kappa shape index (κ2) is 9.03. The molecule has 1 aromatic carbocycles. The first-order chi connectivity index (χ1) is 11.7. The molecule has 0 bridgehead atoms. The molecule has 0 aliphatic rings. The number of aromatic amines is 1. The molecule has 5 heteroatoms. The normalized spacial score (nSPS) is 10.6. The van der Waals surface area contributed by atoms with Gasteiger partial charge in [0.15, 0.2) is 0 Å². The van der Waals surface area contributed by atoms with E-state index in [-0.39, 0.29) is 17.0 Å². The molecule has 24 heavy (non-hydrogen) atoms. The Balaban J connectivity index is 2.23. The average Bonchev–Trinajstić information content (AvgIpc) is 2.62. The Hall–Kier alpha value is -2.40. The zero-order chi connectivity index (χ0) is 17.4. The smallest absolute Gasteiger partial charge is 0.261 e. The Morgan fingerprint density at radius 3 is 2.50 bits per heavy atom. The molecule has 5 nitrogen and oxygen atoms in total. The van der Waals surface area contributed by atoms with Crippen molar-refractivity contribution < 1.29 is 9.53 Å². The van der Waals surface area contributed by atoms with Crippen molar-refractivity contribution in [2.24, 2.45) is 0 Å². The molecule has 1 N–H and O–H groups in total. The largest absolute Gasteiger partial charge is 0.383 e. The fourth-order valence-electron chi connectivity index (χ4n) is 2.46. The van der Waals surface area contributed by atoms with Crippen molar-refractivity contribution in [3.05, 3.63) is 58.4 Å². The topological polar surface area (TPSA) is 62.4 Å². The van der Waals surface area contributed by atoms with Crippen molar-refractivity contribution in [2.75, 3.05) is 26.8 Å². The number of ether oxygens (including phenoxy) is 1. The van der Waals surface area contributed by atoms with Crippen LogP contribution in [0.4, 0.5) is 0 Å². The van der Waals surface area contributed by atoms with Crippen LogP contribution in [0.5, 0.6) is 0 Å². The summed E-state index contributed by atoms with van der Waals surface area (Å²) in [7, 11) is 1.60. The molecule has 2 aromatic rings. The van der Waals surface area contributed by atoms with Gasteiger partial charge in [0, 0.05) is 25.9 Å². The van der Waals surface area contributed by atoms with Crippen LogP contribution in [0.2, 0.25) is 0 Å². The predicted molar refractivity (Wildman–Crippen MR) is 95.2 cm³/mol. The van der Waals surface area contributed by atoms with Gasteiger partial charge in [0.1, 0.15) is 5.56 Å². The maximum atomic E-state index is 12.7. The highest BCUT2D eigenvalue weighted by Crippen LogP contribution is 2.15. The van der Waals surface area contributed by atoms with Gasteiger partial charge in [-0.1, -0.05) is 43.7 Å². The van der Waals surface area contributed by atoms with Crippen LogP contribution >= 0.6 is 0 Å². The molecule has 0 atom stereocenters. The van der Waals surface area contributed by atoms with Gasteiger partial charge in [0.25, 0.3) is 11.5 Å². The lowest BCUT2D eigenvalue weighted by Gasteiger charge is -2.22. The summed E-state index contributed by atoms with van der Waals surface area (Å²) in [6.07, 6.45) is 1.88. The number of benzene rings is 1. The number of hydrogen-bond acceptors (Lipinski definition) is 3. The minimum Gasteiger partial charge on any atom is -0.383 e. The van der Waals surface area contributed by atoms with E-state index in [1.807, 2.05) is 30.3 Å². The zero-order valence-corrected chi connectivity index (χ0v) is 14.2. The van der Waals surface area contributed by atoms with Crippen molar-refractivity contribution in [1.82, 2.24) is 9.88 Å². The van der Waals surface area contributed by atoms with Crippen molar-refractivity contribution in [3.63, 3.8) is 0 Å². The van der Waals surface area contributed by atoms with Gasteiger partial charge in [-0.15, -0.1) is 0 Å². The van der Waals surface area contributed by atoms with E-state index in [0.717, 1.165) is 18.4 Å². The molecule has 1 amide bonds. The van der Waals surface area contributed by atoms with Gasteiger partial charge < -0.3 is 14.6 Å². The summed E-state index contributed by atoms with van der Waals surface area (Å²) in [5.74, 6) is -0.249. The molecule has 0 spiro atoms. The number of hydrogen-bond donors (Lipinski definition) is 1. The molecule has 0 saturated heterocycles. The first kappa shape index (κ1) is 17.9. The van der Waals surface area contributed by atoms with Gasteiger partial charge in [-0.2, -0.15) is 0 Å². The first-order valence-corrected chi connectivity index (χ1v) is 8.24. The molecule has 0 aliphatic carbocycles. The molecule has 1 heterocycles. The molecule has 0 fully saturated rings. The highest BCUT2D eigenvalue weighted by Gasteiger charge is 2.18. The number of amides is 1. The van der Waals surface area contributed by atoms with E-state index in [1.54, 1.807) is 24.1 Å². The first-order valence-electron chi connectivity index (χ1n) is 8.24. The molecule has 2 rings (SSSR count). The third-order valence-corrected chi connectivity index (χ3v) is 3.86. The minimum absolute atomic E-state index is 0.168. The van der Waals surface area contributed by atoms with Gasteiger partial charge >= 0.3 is 0 Å². The summed E-state index contributed by atoms with van der Waals surface area (Å²) in [6, 6.07) is 12.9. The number of H-pyrrole nitrogens is 1. The number of carbonyl (C=O) groups is 1. The standard InChI is InChI=1S/C19H24N2O3/c1-3-4-12-21(13-14-24-2)19(23)16-10-11-17(20-18(16)22)15-8-6-5-7-9-15/h5-11H,3-4,12-14H2,1-2H3,(H,20,22). The molecule has 128 valence electrons. The molecule has 1 aromatic heterocycles. The summed E-state index contributed by atoms with van der Waals surface area (Å²) in [4.78, 5) is 29.5. The maximum absolute atomic E-state index is 12.7. The number of unbranched alkanes of at least 4 members (excludes halogenated alkanes) is 1. The number of rotatable bonds is 8. The zero-order valence-electron chi connectivity index (χ0n) is 14.2. The van der Waals surface area contributed by atoms with Gasteiger partial charge in [0.2, 0.25) is 0 Å². The molecule has 0 aliphatic heterocycles. The number of carbonyl (C=O) groups excluding carboxylic acids is 1. The molecular formula is C19H24N2O3. The van der Waals surface area contributed by atoms with Crippen LogP contribution in [0, 0.1) is 0 Å². The monoisotopic (exact) mass is 328 g/mol. The SMILES string of the molecule is CCCCN(CCOC)C(=O)c1ccc(-c2ccccc2)[nH]c1=O. The highest BCUT2D eigenvalue weighted by molar-refractivity contribution is 5.94. The Morgan fingerprint density at radius 2 is 1.88 bits per heavy atom. The summed E-state index contributed by atoms with van der Waals surface area (Å²) in [6.45, 7) is 3.63. The van der Waals surface area contributed by atoms with Crippen LogP contribution in [0.1, 0.15) is 30.1 Å². The lowest BCUT2D eigenvalue weighted by Crippen LogP contribution is -2.37. The van der Waals surface area contributed by atoms with Gasteiger partial charge in [-0.05, 0) is 24.1 Å². The van der Waals surface area contributed by atoms with Gasteiger partial charge in [0.05, 0.1) is 6.61 Å². The summed E-state index contributed by atoms with van der Waals surface area (Å²) >= 11 is 0. The third kappa shape index (κ3) is 4.55. The number of aromatic nitrogens is 1. The second-order valence-corrected chi connectivity index (χ2v) is 5.62. The van der Waals surface area contributed by atoms with Crippen LogP contribution in [0.25, 0.3) is 11.3 Å². The van der Waals surface area contributed by atoms with E-state index < -0.39 is 0 Å². The van der Waals surface area contributed by atoms with Crippen molar-refractivity contribution in [3.8, 4) is 11.3 Å². The molecular weight excluding hydrogens is 304 g/mol. The summed E-state index contributed by atoms with van der Waals surface area (Å²) < 4.78 is 5.07. The lowest BCUT2D eigenvalue weighted by molar-refractivity contribution is 0.0691. The predicted octanol–water partition coefficient (Wildman–Crippen LogP) is 2.93. The van der Waals surface area contributed by atoms with Crippen LogP contribution < -0.4 is 5.56 Å². The quantitative estimate of drug-likeness (QED) is 0.810. The molecule has 0 unspecified atom stereocenters. The van der Waals surface area contributed by atoms with E-state index in [4.69, 9.17) is 4.74 Å². The molecule has 0 saturated carbocycles. The fourth-order valence-corrected chi connectivity index (χ4v) is 2.46. The van der Waals surface area contributed by atoms with Crippen molar-refractivity contribution >= 4 is 5.91 Å². The highest BCUT2D eigenvalue weighted by atomic mass is 16.5. The van der Waals surface area contributed by atoms with E-state index in [0.29, 0.717) is 25.4 Å². The molecule has 0 radical (unpaired) electrons.